The van der Waals surface area contributed by atoms with Crippen molar-refractivity contribution < 1.29 is 19.0 Å². The van der Waals surface area contributed by atoms with E-state index in [4.69, 9.17) is 14.2 Å². The number of nitrogens with zero attached hydrogens (tertiary/aromatic N) is 3. The summed E-state index contributed by atoms with van der Waals surface area (Å²) in [6.07, 6.45) is 0. The third-order valence-electron chi connectivity index (χ3n) is 4.42. The van der Waals surface area contributed by atoms with E-state index in [0.717, 1.165) is 22.8 Å². The molecule has 0 aliphatic heterocycles. The summed E-state index contributed by atoms with van der Waals surface area (Å²) in [6.45, 7) is 2.21. The van der Waals surface area contributed by atoms with E-state index in [2.05, 4.69) is 15.5 Å². The first kappa shape index (κ1) is 21.5. The number of ether oxygens (including phenoxy) is 3. The van der Waals surface area contributed by atoms with Crippen molar-refractivity contribution in [3.8, 4) is 22.9 Å². The number of methoxy groups -OCH3 is 3. The zero-order valence-corrected chi connectivity index (χ0v) is 18.2. The smallest absolute Gasteiger partial charge is 0.230 e. The summed E-state index contributed by atoms with van der Waals surface area (Å²) in [5.41, 5.74) is 1.75. The van der Waals surface area contributed by atoms with Crippen LogP contribution in [0, 0.1) is 6.92 Å². The molecule has 0 radical (unpaired) electrons. The van der Waals surface area contributed by atoms with Gasteiger partial charge in [0.25, 0.3) is 0 Å². The zero-order chi connectivity index (χ0) is 21.5. The first-order valence-corrected chi connectivity index (χ1v) is 10.2. The molecule has 0 saturated heterocycles. The molecular formula is C21H24N4O4S. The standard InChI is InChI=1S/C21H24N4O4S/c1-14-23-24-21(25(14)16-8-10-17(27-2)11-9-16)30-13-19(26)22-12-15-6-5-7-18(28-3)20(15)29-4/h5-11H,12-13H2,1-4H3,(H,22,26). The molecule has 1 N–H and O–H groups in total. The lowest BCUT2D eigenvalue weighted by Gasteiger charge is -2.13. The Labute approximate surface area is 179 Å². The van der Waals surface area contributed by atoms with Crippen molar-refractivity contribution in [2.24, 2.45) is 0 Å². The normalized spacial score (nSPS) is 10.5. The van der Waals surface area contributed by atoms with Gasteiger partial charge >= 0.3 is 0 Å². The molecule has 30 heavy (non-hydrogen) atoms. The Kier molecular flexibility index (Phi) is 7.18. The minimum absolute atomic E-state index is 0.119. The number of carbonyl (C=O) groups is 1. The second kappa shape index (κ2) is 10.0. The fourth-order valence-electron chi connectivity index (χ4n) is 2.93. The third-order valence-corrected chi connectivity index (χ3v) is 5.35. The number of hydrogen-bond acceptors (Lipinski definition) is 7. The van der Waals surface area contributed by atoms with Crippen LogP contribution >= 0.6 is 11.8 Å². The number of thioether (sulfide) groups is 1. The molecule has 0 fully saturated rings. The summed E-state index contributed by atoms with van der Waals surface area (Å²) < 4.78 is 17.8. The number of benzene rings is 2. The monoisotopic (exact) mass is 428 g/mol. The number of aryl methyl sites for hydroxylation is 1. The number of amides is 1. The molecule has 0 spiro atoms. The Bertz CT molecular complexity index is 1000. The van der Waals surface area contributed by atoms with Gasteiger partial charge in [-0.15, -0.1) is 10.2 Å². The van der Waals surface area contributed by atoms with Crippen molar-refractivity contribution in [3.05, 3.63) is 53.9 Å². The molecule has 0 bridgehead atoms. The van der Waals surface area contributed by atoms with E-state index < -0.39 is 0 Å². The van der Waals surface area contributed by atoms with Gasteiger partial charge in [-0.05, 0) is 37.3 Å². The van der Waals surface area contributed by atoms with Gasteiger partial charge in [-0.2, -0.15) is 0 Å². The van der Waals surface area contributed by atoms with E-state index in [9.17, 15) is 4.79 Å². The van der Waals surface area contributed by atoms with E-state index in [-0.39, 0.29) is 11.7 Å². The van der Waals surface area contributed by atoms with Crippen LogP contribution in [0.3, 0.4) is 0 Å². The number of rotatable bonds is 9. The Balaban J connectivity index is 1.63. The summed E-state index contributed by atoms with van der Waals surface area (Å²) >= 11 is 1.32. The van der Waals surface area contributed by atoms with E-state index in [1.807, 2.05) is 54.0 Å². The first-order valence-electron chi connectivity index (χ1n) is 9.23. The van der Waals surface area contributed by atoms with Gasteiger partial charge in [-0.1, -0.05) is 23.9 Å². The van der Waals surface area contributed by atoms with Crippen LogP contribution in [-0.4, -0.2) is 47.8 Å². The summed E-state index contributed by atoms with van der Waals surface area (Å²) in [7, 11) is 4.78. The molecule has 8 nitrogen and oxygen atoms in total. The van der Waals surface area contributed by atoms with Crippen LogP contribution < -0.4 is 19.5 Å². The molecule has 1 amide bonds. The van der Waals surface area contributed by atoms with Crippen molar-refractivity contribution >= 4 is 17.7 Å². The van der Waals surface area contributed by atoms with Crippen LogP contribution in [-0.2, 0) is 11.3 Å². The van der Waals surface area contributed by atoms with Gasteiger partial charge in [-0.3, -0.25) is 9.36 Å². The molecule has 3 aromatic rings. The average molecular weight is 429 g/mol. The molecule has 3 rings (SSSR count). The van der Waals surface area contributed by atoms with Gasteiger partial charge in [0.05, 0.1) is 27.1 Å². The molecule has 1 heterocycles. The highest BCUT2D eigenvalue weighted by Gasteiger charge is 2.15. The number of aromatic nitrogens is 3. The zero-order valence-electron chi connectivity index (χ0n) is 17.3. The van der Waals surface area contributed by atoms with Crippen molar-refractivity contribution in [2.45, 2.75) is 18.6 Å². The summed E-state index contributed by atoms with van der Waals surface area (Å²) in [4.78, 5) is 12.4. The van der Waals surface area contributed by atoms with Crippen LogP contribution in [0.1, 0.15) is 11.4 Å². The Hall–Kier alpha value is -3.20. The van der Waals surface area contributed by atoms with Gasteiger partial charge in [0.1, 0.15) is 11.6 Å². The fraction of sp³-hybridized carbons (Fsp3) is 0.286. The highest BCUT2D eigenvalue weighted by Crippen LogP contribution is 2.30. The predicted octanol–water partition coefficient (Wildman–Crippen LogP) is 3.01. The molecule has 0 saturated carbocycles. The van der Waals surface area contributed by atoms with E-state index >= 15 is 0 Å². The number of carbonyl (C=O) groups excluding carboxylic acids is 1. The first-order chi connectivity index (χ1) is 14.6. The maximum absolute atomic E-state index is 12.4. The van der Waals surface area contributed by atoms with E-state index in [0.29, 0.717) is 23.2 Å². The lowest BCUT2D eigenvalue weighted by Crippen LogP contribution is -2.25. The van der Waals surface area contributed by atoms with Crippen molar-refractivity contribution in [1.82, 2.24) is 20.1 Å². The second-order valence-electron chi connectivity index (χ2n) is 6.28. The number of nitrogens with one attached hydrogen (secondary N) is 1. The third kappa shape index (κ3) is 4.85. The average Bonchev–Trinajstić information content (AvgIpc) is 3.16. The summed E-state index contributed by atoms with van der Waals surface area (Å²) in [5, 5.41) is 11.9. The van der Waals surface area contributed by atoms with Crippen LogP contribution in [0.4, 0.5) is 0 Å². The van der Waals surface area contributed by atoms with Crippen LogP contribution in [0.2, 0.25) is 0 Å². The van der Waals surface area contributed by atoms with Crippen molar-refractivity contribution in [3.63, 3.8) is 0 Å². The SMILES string of the molecule is COc1ccc(-n2c(C)nnc2SCC(=O)NCc2cccc(OC)c2OC)cc1. The maximum atomic E-state index is 12.4. The second-order valence-corrected chi connectivity index (χ2v) is 7.22. The van der Waals surface area contributed by atoms with Crippen LogP contribution in [0.15, 0.2) is 47.6 Å². The molecule has 1 aromatic heterocycles. The molecule has 0 unspecified atom stereocenters. The molecule has 2 aromatic carbocycles. The molecule has 0 aliphatic carbocycles. The van der Waals surface area contributed by atoms with Crippen LogP contribution in [0.25, 0.3) is 5.69 Å². The van der Waals surface area contributed by atoms with E-state index in [1.54, 1.807) is 21.3 Å². The predicted molar refractivity (Wildman–Crippen MR) is 115 cm³/mol. The number of para-hydroxylation sites is 1. The lowest BCUT2D eigenvalue weighted by molar-refractivity contribution is -0.118. The Morgan fingerprint density at radius 1 is 1.03 bits per heavy atom. The van der Waals surface area contributed by atoms with E-state index in [1.165, 1.54) is 11.8 Å². The van der Waals surface area contributed by atoms with Crippen molar-refractivity contribution in [2.75, 3.05) is 27.1 Å². The minimum Gasteiger partial charge on any atom is -0.497 e. The molecule has 0 aliphatic rings. The van der Waals surface area contributed by atoms with Crippen molar-refractivity contribution in [1.29, 1.82) is 0 Å². The summed E-state index contributed by atoms with van der Waals surface area (Å²) in [5.74, 6) is 2.84. The Morgan fingerprint density at radius 2 is 1.80 bits per heavy atom. The molecular weight excluding hydrogens is 404 g/mol. The lowest BCUT2D eigenvalue weighted by atomic mass is 10.2. The fourth-order valence-corrected chi connectivity index (χ4v) is 3.76. The van der Waals surface area contributed by atoms with Crippen LogP contribution in [0.5, 0.6) is 17.2 Å². The van der Waals surface area contributed by atoms with Gasteiger partial charge < -0.3 is 19.5 Å². The quantitative estimate of drug-likeness (QED) is 0.524. The topological polar surface area (TPSA) is 87.5 Å². The van der Waals surface area contributed by atoms with Gasteiger partial charge in [0.2, 0.25) is 5.91 Å². The molecule has 0 atom stereocenters. The van der Waals surface area contributed by atoms with Gasteiger partial charge in [0.15, 0.2) is 16.7 Å². The highest BCUT2D eigenvalue weighted by atomic mass is 32.2. The van der Waals surface area contributed by atoms with Gasteiger partial charge in [0, 0.05) is 17.8 Å². The largest absolute Gasteiger partial charge is 0.497 e. The molecule has 9 heteroatoms. The van der Waals surface area contributed by atoms with Gasteiger partial charge in [-0.25, -0.2) is 0 Å². The maximum Gasteiger partial charge on any atom is 0.230 e. The minimum atomic E-state index is -0.119. The molecule has 158 valence electrons. The summed E-state index contributed by atoms with van der Waals surface area (Å²) in [6, 6.07) is 13.2. The number of hydrogen-bond donors (Lipinski definition) is 1. The Morgan fingerprint density at radius 3 is 2.47 bits per heavy atom. The highest BCUT2D eigenvalue weighted by molar-refractivity contribution is 7.99.